The number of aromatic hydroxyl groups is 2. The minimum absolute atomic E-state index is 0.0983. The highest BCUT2D eigenvalue weighted by atomic mass is 16.5. The smallest absolute Gasteiger partial charge is 0.228 e. The molecule has 6 rings (SSSR count). The van der Waals surface area contributed by atoms with E-state index in [1.54, 1.807) is 47.2 Å². The fourth-order valence-corrected chi connectivity index (χ4v) is 3.97. The molecule has 0 spiro atoms. The lowest BCUT2D eigenvalue weighted by Crippen LogP contribution is -2.15. The van der Waals surface area contributed by atoms with Crippen LogP contribution in [0.15, 0.2) is 73.3 Å². The first-order valence-corrected chi connectivity index (χ1v) is 9.63. The molecule has 0 fully saturated rings. The number of para-hydroxylation sites is 1. The van der Waals surface area contributed by atoms with Crippen molar-refractivity contribution in [3.05, 3.63) is 90.0 Å². The van der Waals surface area contributed by atoms with Crippen molar-refractivity contribution in [1.82, 2.24) is 24.6 Å². The first kappa shape index (κ1) is 17.4. The molecule has 8 heteroatoms. The first-order valence-electron chi connectivity index (χ1n) is 9.63. The molecule has 2 aromatic carbocycles. The number of benzene rings is 2. The van der Waals surface area contributed by atoms with Gasteiger partial charge in [-0.2, -0.15) is 0 Å². The molecule has 0 amide bonds. The van der Waals surface area contributed by atoms with Gasteiger partial charge in [0.15, 0.2) is 11.5 Å². The van der Waals surface area contributed by atoms with Gasteiger partial charge in [0.2, 0.25) is 5.88 Å². The minimum atomic E-state index is -0.273. The highest BCUT2D eigenvalue weighted by Gasteiger charge is 2.33. The number of hydrogen-bond acceptors (Lipinski definition) is 7. The van der Waals surface area contributed by atoms with Crippen LogP contribution in [0.2, 0.25) is 0 Å². The van der Waals surface area contributed by atoms with Gasteiger partial charge >= 0.3 is 0 Å². The Hall–Kier alpha value is -4.46. The molecule has 0 saturated carbocycles. The molecule has 0 saturated heterocycles. The number of phenolic OH excluding ortho intramolecular Hbond substituents is 2. The summed E-state index contributed by atoms with van der Waals surface area (Å²) in [5, 5.41) is 24.7. The zero-order valence-corrected chi connectivity index (χ0v) is 16.0. The molecule has 0 aliphatic carbocycles. The second-order valence-electron chi connectivity index (χ2n) is 7.23. The summed E-state index contributed by atoms with van der Waals surface area (Å²) in [6, 6.07) is 15.8. The molecule has 2 N–H and O–H groups in total. The first-order chi connectivity index (χ1) is 15.2. The van der Waals surface area contributed by atoms with Gasteiger partial charge in [0.25, 0.3) is 0 Å². The minimum Gasteiger partial charge on any atom is -0.508 e. The third-order valence-electron chi connectivity index (χ3n) is 5.35. The number of fused-ring (bicyclic) bond motifs is 4. The van der Waals surface area contributed by atoms with Crippen molar-refractivity contribution in [2.24, 2.45) is 0 Å². The normalized spacial score (nSPS) is 14.6. The Morgan fingerprint density at radius 2 is 1.90 bits per heavy atom. The molecule has 0 unspecified atom stereocenters. The Morgan fingerprint density at radius 1 is 1.00 bits per heavy atom. The van der Waals surface area contributed by atoms with Crippen molar-refractivity contribution in [2.75, 3.05) is 0 Å². The predicted octanol–water partition coefficient (Wildman–Crippen LogP) is 3.88. The largest absolute Gasteiger partial charge is 0.508 e. The Labute approximate surface area is 176 Å². The number of phenols is 2. The van der Waals surface area contributed by atoms with Crippen LogP contribution in [0, 0.1) is 0 Å². The van der Waals surface area contributed by atoms with Crippen molar-refractivity contribution in [3.8, 4) is 34.5 Å². The Morgan fingerprint density at radius 3 is 2.74 bits per heavy atom. The van der Waals surface area contributed by atoms with Crippen LogP contribution in [0.1, 0.15) is 22.6 Å². The summed E-state index contributed by atoms with van der Waals surface area (Å²) < 4.78 is 7.62. The molecule has 8 nitrogen and oxygen atoms in total. The SMILES string of the molecule is Oc1ccc2c(c1)Oc1ncn3nc(-c4ccccc4O)nc3c1[C@@H]2c1cccnc1. The Kier molecular flexibility index (Phi) is 3.66. The zero-order chi connectivity index (χ0) is 20.9. The van der Waals surface area contributed by atoms with Gasteiger partial charge in [-0.05, 0) is 29.8 Å². The van der Waals surface area contributed by atoms with Gasteiger partial charge in [0.1, 0.15) is 23.6 Å². The maximum atomic E-state index is 10.3. The molecule has 3 aromatic heterocycles. The molecule has 0 bridgehead atoms. The van der Waals surface area contributed by atoms with Gasteiger partial charge < -0.3 is 14.9 Å². The van der Waals surface area contributed by atoms with Gasteiger partial charge in [0.05, 0.1) is 11.1 Å². The third kappa shape index (κ3) is 2.69. The maximum absolute atomic E-state index is 10.3. The molecule has 0 radical (unpaired) electrons. The molecular formula is C23H15N5O3. The van der Waals surface area contributed by atoms with Crippen LogP contribution < -0.4 is 4.74 Å². The van der Waals surface area contributed by atoms with E-state index in [1.807, 2.05) is 24.3 Å². The van der Waals surface area contributed by atoms with Gasteiger partial charge in [-0.1, -0.05) is 24.3 Å². The molecular weight excluding hydrogens is 394 g/mol. The van der Waals surface area contributed by atoms with E-state index in [9.17, 15) is 10.2 Å². The number of ether oxygens (including phenoxy) is 1. The van der Waals surface area contributed by atoms with E-state index in [1.165, 1.54) is 6.33 Å². The van der Waals surface area contributed by atoms with E-state index in [-0.39, 0.29) is 17.4 Å². The molecule has 31 heavy (non-hydrogen) atoms. The third-order valence-corrected chi connectivity index (χ3v) is 5.35. The number of pyridine rings is 1. The average Bonchev–Trinajstić information content (AvgIpc) is 3.22. The van der Waals surface area contributed by atoms with E-state index in [2.05, 4.69) is 15.1 Å². The second kappa shape index (κ2) is 6.53. The van der Waals surface area contributed by atoms with Crippen LogP contribution in [-0.2, 0) is 0 Å². The quantitative estimate of drug-likeness (QED) is 0.447. The summed E-state index contributed by atoms with van der Waals surface area (Å²) >= 11 is 0. The van der Waals surface area contributed by atoms with Crippen LogP contribution in [-0.4, -0.2) is 34.8 Å². The molecule has 1 atom stereocenters. The monoisotopic (exact) mass is 409 g/mol. The van der Waals surface area contributed by atoms with Crippen LogP contribution in [0.4, 0.5) is 0 Å². The zero-order valence-electron chi connectivity index (χ0n) is 16.0. The highest BCUT2D eigenvalue weighted by Crippen LogP contribution is 2.48. The summed E-state index contributed by atoms with van der Waals surface area (Å²) in [6.45, 7) is 0. The van der Waals surface area contributed by atoms with E-state index < -0.39 is 0 Å². The molecule has 5 aromatic rings. The van der Waals surface area contributed by atoms with E-state index in [0.717, 1.165) is 16.7 Å². The van der Waals surface area contributed by atoms with E-state index in [4.69, 9.17) is 9.72 Å². The standard InChI is InChI=1S/C23H15N5O3/c29-14-7-8-16-18(10-14)31-23-20(19(16)13-4-3-9-24-11-13)22-26-21(27-28(22)12-25-23)15-5-1-2-6-17(15)30/h1-12,19,29-30H/t19-/m1/s1. The lowest BCUT2D eigenvalue weighted by molar-refractivity contribution is 0.422. The highest BCUT2D eigenvalue weighted by molar-refractivity contribution is 5.70. The van der Waals surface area contributed by atoms with E-state index in [0.29, 0.717) is 28.7 Å². The topological polar surface area (TPSA) is 106 Å². The summed E-state index contributed by atoms with van der Waals surface area (Å²) in [5.74, 6) is 1.23. The number of nitrogens with zero attached hydrogens (tertiary/aromatic N) is 5. The predicted molar refractivity (Wildman–Crippen MR) is 111 cm³/mol. The fourth-order valence-electron chi connectivity index (χ4n) is 3.97. The molecule has 1 aliphatic rings. The van der Waals surface area contributed by atoms with Crippen LogP contribution >= 0.6 is 0 Å². The maximum Gasteiger partial charge on any atom is 0.228 e. The van der Waals surface area contributed by atoms with Gasteiger partial charge in [-0.15, -0.1) is 5.10 Å². The lowest BCUT2D eigenvalue weighted by atomic mass is 9.84. The second-order valence-corrected chi connectivity index (χ2v) is 7.23. The molecule has 4 heterocycles. The lowest BCUT2D eigenvalue weighted by Gasteiger charge is -2.27. The van der Waals surface area contributed by atoms with Crippen molar-refractivity contribution in [1.29, 1.82) is 0 Å². The van der Waals surface area contributed by atoms with Crippen LogP contribution in [0.3, 0.4) is 0 Å². The molecule has 150 valence electrons. The van der Waals surface area contributed by atoms with Gasteiger partial charge in [-0.3, -0.25) is 4.98 Å². The van der Waals surface area contributed by atoms with Crippen molar-refractivity contribution >= 4 is 5.65 Å². The van der Waals surface area contributed by atoms with Crippen molar-refractivity contribution < 1.29 is 14.9 Å². The van der Waals surface area contributed by atoms with Gasteiger partial charge in [-0.25, -0.2) is 14.5 Å². The summed E-state index contributed by atoms with van der Waals surface area (Å²) in [5.41, 5.74) is 3.62. The number of hydrogen-bond donors (Lipinski definition) is 2. The fraction of sp³-hybridized carbons (Fsp3) is 0.0435. The van der Waals surface area contributed by atoms with Crippen molar-refractivity contribution in [2.45, 2.75) is 5.92 Å². The van der Waals surface area contributed by atoms with Gasteiger partial charge in [0, 0.05) is 29.9 Å². The average molecular weight is 409 g/mol. The summed E-state index contributed by atoms with van der Waals surface area (Å²) in [4.78, 5) is 13.5. The molecule has 1 aliphatic heterocycles. The van der Waals surface area contributed by atoms with E-state index >= 15 is 0 Å². The van der Waals surface area contributed by atoms with Crippen LogP contribution in [0.5, 0.6) is 23.1 Å². The van der Waals surface area contributed by atoms with Crippen LogP contribution in [0.25, 0.3) is 17.0 Å². The summed E-state index contributed by atoms with van der Waals surface area (Å²) in [6.07, 6.45) is 5.03. The van der Waals surface area contributed by atoms with Crippen molar-refractivity contribution in [3.63, 3.8) is 0 Å². The Balaban J connectivity index is 1.63. The number of aromatic nitrogens is 5. The summed E-state index contributed by atoms with van der Waals surface area (Å²) in [7, 11) is 0. The Bertz CT molecular complexity index is 1450. The number of rotatable bonds is 2.